The predicted octanol–water partition coefficient (Wildman–Crippen LogP) is 9.82. The smallest absolute Gasteiger partial charge is 0.237 e. The first-order valence-electron chi connectivity index (χ1n) is 17.2. The van der Waals surface area contributed by atoms with Crippen molar-refractivity contribution in [1.82, 2.24) is 10.2 Å². The number of likely N-dealkylation sites (tertiary alicyclic amines) is 1. The molecule has 0 spiro atoms. The number of likely N-dealkylation sites (N-methyl/N-ethyl adjacent to an activating group) is 1. The molecule has 0 radical (unpaired) electrons. The lowest BCUT2D eigenvalue weighted by atomic mass is 9.99. The molecule has 1 N–H and O–H groups in total. The van der Waals surface area contributed by atoms with Crippen LogP contribution in [0.25, 0.3) is 0 Å². The number of rotatable bonds is 25. The van der Waals surface area contributed by atoms with E-state index >= 15 is 0 Å². The Hall–Kier alpha value is -0.570. The fourth-order valence-corrected chi connectivity index (χ4v) is 6.71. The summed E-state index contributed by atoms with van der Waals surface area (Å²) < 4.78 is 0. The third kappa shape index (κ3) is 15.6. The molecule has 2 fully saturated rings. The summed E-state index contributed by atoms with van der Waals surface area (Å²) >= 11 is 0. The molecule has 4 atom stereocenters. The Labute approximate surface area is 232 Å². The van der Waals surface area contributed by atoms with Gasteiger partial charge in [-0.2, -0.15) is 0 Å². The third-order valence-electron chi connectivity index (χ3n) is 9.45. The number of amides is 1. The number of nitrogens with zero attached hydrogens (tertiary/aromatic N) is 1. The van der Waals surface area contributed by atoms with E-state index in [2.05, 4.69) is 31.1 Å². The molecule has 1 heterocycles. The second-order valence-electron chi connectivity index (χ2n) is 12.9. The van der Waals surface area contributed by atoms with Crippen LogP contribution >= 0.6 is 0 Å². The summed E-state index contributed by atoms with van der Waals surface area (Å²) in [5.41, 5.74) is 0. The Bertz CT molecular complexity index is 550. The van der Waals surface area contributed by atoms with Crippen molar-refractivity contribution in [3.05, 3.63) is 0 Å². The number of carbonyl (C=O) groups is 1. The molecule has 1 saturated heterocycles. The number of carbonyl (C=O) groups excluding carboxylic acids is 1. The van der Waals surface area contributed by atoms with E-state index in [1.165, 1.54) is 148 Å². The summed E-state index contributed by atoms with van der Waals surface area (Å²) in [5, 5.41) is 3.48. The minimum absolute atomic E-state index is 0.115. The fraction of sp³-hybridized carbons (Fsp3) is 0.971. The van der Waals surface area contributed by atoms with Gasteiger partial charge >= 0.3 is 0 Å². The van der Waals surface area contributed by atoms with E-state index in [0.29, 0.717) is 11.9 Å². The van der Waals surface area contributed by atoms with Crippen molar-refractivity contribution >= 4 is 5.91 Å². The zero-order valence-electron chi connectivity index (χ0n) is 25.5. The zero-order chi connectivity index (χ0) is 26.6. The van der Waals surface area contributed by atoms with Crippen LogP contribution < -0.4 is 5.32 Å². The Balaban J connectivity index is 1.51. The first-order valence-corrected chi connectivity index (χ1v) is 17.2. The molecule has 3 nitrogen and oxygen atoms in total. The first-order chi connectivity index (χ1) is 18.2. The van der Waals surface area contributed by atoms with Crippen molar-refractivity contribution in [2.45, 2.75) is 186 Å². The Morgan fingerprint density at radius 1 is 0.703 bits per heavy atom. The van der Waals surface area contributed by atoms with E-state index in [0.717, 1.165) is 31.2 Å². The number of nitrogens with one attached hydrogen (secondary N) is 1. The van der Waals surface area contributed by atoms with Crippen LogP contribution in [-0.4, -0.2) is 36.5 Å². The number of unbranched alkanes of at least 4 members (excludes halogenated alkanes) is 15. The fourth-order valence-electron chi connectivity index (χ4n) is 6.71. The van der Waals surface area contributed by atoms with Crippen LogP contribution in [-0.2, 0) is 4.79 Å². The zero-order valence-corrected chi connectivity index (χ0v) is 25.5. The van der Waals surface area contributed by atoms with Gasteiger partial charge in [0.2, 0.25) is 5.91 Å². The maximum Gasteiger partial charge on any atom is 0.237 e. The molecule has 1 aliphatic carbocycles. The summed E-state index contributed by atoms with van der Waals surface area (Å²) in [5.74, 6) is 2.46. The molecule has 3 heteroatoms. The second-order valence-corrected chi connectivity index (χ2v) is 12.9. The monoisotopic (exact) mass is 519 g/mol. The van der Waals surface area contributed by atoms with Crippen molar-refractivity contribution < 1.29 is 4.79 Å². The number of hydrogen-bond acceptors (Lipinski definition) is 2. The van der Waals surface area contributed by atoms with E-state index in [1.54, 1.807) is 0 Å². The molecule has 37 heavy (non-hydrogen) atoms. The molecule has 0 aromatic rings. The topological polar surface area (TPSA) is 32.3 Å². The van der Waals surface area contributed by atoms with E-state index < -0.39 is 0 Å². The van der Waals surface area contributed by atoms with Crippen molar-refractivity contribution in [2.75, 3.05) is 13.6 Å². The largest absolute Gasteiger partial charge is 0.352 e. The van der Waals surface area contributed by atoms with Crippen molar-refractivity contribution in [1.29, 1.82) is 0 Å². The molecule has 1 saturated carbocycles. The molecule has 0 bridgehead atoms. The third-order valence-corrected chi connectivity index (χ3v) is 9.45. The van der Waals surface area contributed by atoms with Crippen LogP contribution in [0.1, 0.15) is 174 Å². The lowest BCUT2D eigenvalue weighted by Gasteiger charge is -2.24. The summed E-state index contributed by atoms with van der Waals surface area (Å²) in [6, 6.07) is 0.509. The van der Waals surface area contributed by atoms with Crippen LogP contribution in [0.4, 0.5) is 0 Å². The normalized spacial score (nSPS) is 22.4. The molecule has 0 aromatic heterocycles. The molecular weight excluding hydrogens is 452 g/mol. The highest BCUT2D eigenvalue weighted by Crippen LogP contribution is 2.45. The van der Waals surface area contributed by atoms with Gasteiger partial charge < -0.3 is 5.32 Å². The predicted molar refractivity (Wildman–Crippen MR) is 162 cm³/mol. The van der Waals surface area contributed by atoms with Gasteiger partial charge in [-0.3, -0.25) is 9.69 Å². The SMILES string of the molecule is CCCCCCCCCC(CCCCCCCC1CC1CCCCCCCC)NC(=O)C1CCCN1C. The minimum atomic E-state index is 0.115. The molecule has 0 aromatic carbocycles. The lowest BCUT2D eigenvalue weighted by Crippen LogP contribution is -2.45. The summed E-state index contributed by atoms with van der Waals surface area (Å²) in [6.07, 6.45) is 34.1. The van der Waals surface area contributed by atoms with Gasteiger partial charge in [0.1, 0.15) is 0 Å². The molecule has 1 aliphatic heterocycles. The Morgan fingerprint density at radius 3 is 1.62 bits per heavy atom. The molecule has 1 amide bonds. The quantitative estimate of drug-likeness (QED) is 0.122. The standard InChI is InChI=1S/C34H66N2O/c1-4-6-8-10-12-16-20-25-32(35-34(37)33-27-22-28-36(33)3)26-21-17-13-15-19-24-31-29-30(31)23-18-14-11-9-7-5-2/h30-33H,4-29H2,1-3H3,(H,35,37). The van der Waals surface area contributed by atoms with Gasteiger partial charge in [-0.15, -0.1) is 0 Å². The maximum absolute atomic E-state index is 12.9. The molecule has 4 unspecified atom stereocenters. The van der Waals surface area contributed by atoms with Crippen molar-refractivity contribution in [3.63, 3.8) is 0 Å². The Kier molecular flexibility index (Phi) is 18.8. The van der Waals surface area contributed by atoms with E-state index in [-0.39, 0.29) is 6.04 Å². The van der Waals surface area contributed by atoms with Gasteiger partial charge in [0.25, 0.3) is 0 Å². The van der Waals surface area contributed by atoms with Gasteiger partial charge in [0.05, 0.1) is 6.04 Å². The van der Waals surface area contributed by atoms with Gasteiger partial charge in [-0.1, -0.05) is 142 Å². The Morgan fingerprint density at radius 2 is 1.16 bits per heavy atom. The minimum Gasteiger partial charge on any atom is -0.352 e. The number of hydrogen-bond donors (Lipinski definition) is 1. The summed E-state index contributed by atoms with van der Waals surface area (Å²) in [6.45, 7) is 5.66. The van der Waals surface area contributed by atoms with E-state index in [4.69, 9.17) is 0 Å². The van der Waals surface area contributed by atoms with E-state index in [1.807, 2.05) is 0 Å². The highest BCUT2D eigenvalue weighted by molar-refractivity contribution is 5.82. The van der Waals surface area contributed by atoms with Gasteiger partial charge in [0.15, 0.2) is 0 Å². The molecule has 218 valence electrons. The average Bonchev–Trinajstić information content (AvgIpc) is 3.50. The highest BCUT2D eigenvalue weighted by Gasteiger charge is 2.35. The van der Waals surface area contributed by atoms with Gasteiger partial charge in [0, 0.05) is 6.04 Å². The van der Waals surface area contributed by atoms with Crippen LogP contribution in [0.15, 0.2) is 0 Å². The van der Waals surface area contributed by atoms with Crippen LogP contribution in [0, 0.1) is 11.8 Å². The second kappa shape index (κ2) is 21.3. The van der Waals surface area contributed by atoms with Crippen LogP contribution in [0.2, 0.25) is 0 Å². The van der Waals surface area contributed by atoms with Gasteiger partial charge in [-0.05, 0) is 57.5 Å². The summed E-state index contributed by atoms with van der Waals surface area (Å²) in [7, 11) is 2.11. The summed E-state index contributed by atoms with van der Waals surface area (Å²) in [4.78, 5) is 15.2. The van der Waals surface area contributed by atoms with Crippen molar-refractivity contribution in [3.8, 4) is 0 Å². The average molecular weight is 519 g/mol. The lowest BCUT2D eigenvalue weighted by molar-refractivity contribution is -0.125. The first kappa shape index (κ1) is 32.6. The van der Waals surface area contributed by atoms with Crippen molar-refractivity contribution in [2.24, 2.45) is 11.8 Å². The highest BCUT2D eigenvalue weighted by atomic mass is 16.2. The van der Waals surface area contributed by atoms with Crippen LogP contribution in [0.3, 0.4) is 0 Å². The molecule has 2 rings (SSSR count). The molecular formula is C34H66N2O. The van der Waals surface area contributed by atoms with E-state index in [9.17, 15) is 4.79 Å². The maximum atomic E-state index is 12.9. The molecule has 2 aliphatic rings. The van der Waals surface area contributed by atoms with Gasteiger partial charge in [-0.25, -0.2) is 0 Å². The van der Waals surface area contributed by atoms with Crippen LogP contribution in [0.5, 0.6) is 0 Å².